The zero-order chi connectivity index (χ0) is 58.4. The number of rotatable bonds is 60. The summed E-state index contributed by atoms with van der Waals surface area (Å²) in [5.41, 5.74) is 0. The van der Waals surface area contributed by atoms with Crippen LogP contribution in [-0.2, 0) is 18.4 Å². The lowest BCUT2D eigenvalue weighted by Crippen LogP contribution is -2.45. The van der Waals surface area contributed by atoms with Crippen LogP contribution in [0.25, 0.3) is 0 Å². The monoisotopic (exact) mass is 1130 g/mol. The van der Waals surface area contributed by atoms with Gasteiger partial charge < -0.3 is 28.8 Å². The van der Waals surface area contributed by atoms with Gasteiger partial charge in [-0.3, -0.25) is 9.36 Å². The van der Waals surface area contributed by atoms with Crippen LogP contribution in [0.3, 0.4) is 0 Å². The molecule has 0 radical (unpaired) electrons. The van der Waals surface area contributed by atoms with E-state index < -0.39 is 20.0 Å². The molecule has 0 aliphatic rings. The summed E-state index contributed by atoms with van der Waals surface area (Å²) in [4.78, 5) is 25.6. The fourth-order valence-corrected chi connectivity index (χ4v) is 10.1. The van der Waals surface area contributed by atoms with Crippen molar-refractivity contribution < 1.29 is 32.9 Å². The van der Waals surface area contributed by atoms with E-state index in [2.05, 4.69) is 116 Å². The predicted molar refractivity (Wildman–Crippen MR) is 348 cm³/mol. The maximum Gasteiger partial charge on any atom is 0.268 e. The Balaban J connectivity index is 4.07. The van der Waals surface area contributed by atoms with Crippen molar-refractivity contribution in [1.29, 1.82) is 0 Å². The Morgan fingerprint density at radius 2 is 0.762 bits per heavy atom. The first kappa shape index (κ1) is 77.2. The van der Waals surface area contributed by atoms with Crippen LogP contribution < -0.4 is 10.2 Å². The number of aliphatic hydroxyl groups is 1. The molecule has 0 heterocycles. The first-order valence-electron chi connectivity index (χ1n) is 33.2. The van der Waals surface area contributed by atoms with Gasteiger partial charge in [0.1, 0.15) is 13.2 Å². The van der Waals surface area contributed by atoms with Crippen molar-refractivity contribution in [3.05, 3.63) is 109 Å². The van der Waals surface area contributed by atoms with Gasteiger partial charge in [0.25, 0.3) is 7.82 Å². The second-order valence-electron chi connectivity index (χ2n) is 23.4. The van der Waals surface area contributed by atoms with Crippen molar-refractivity contribution in [2.24, 2.45) is 0 Å². The summed E-state index contributed by atoms with van der Waals surface area (Å²) in [5, 5.41) is 13.9. The number of hydrogen-bond donors (Lipinski definition) is 2. The normalized spacial score (nSPS) is 14.4. The molecule has 0 aromatic heterocycles. The number of quaternary nitrogens is 1. The number of phosphoric acid groups is 1. The maximum atomic E-state index is 13.0. The number of nitrogens with one attached hydrogen (secondary N) is 1. The molecule has 3 atom stereocenters. The van der Waals surface area contributed by atoms with Gasteiger partial charge in [-0.1, -0.05) is 303 Å². The maximum absolute atomic E-state index is 13.0. The van der Waals surface area contributed by atoms with E-state index in [1.54, 1.807) is 6.08 Å². The lowest BCUT2D eigenvalue weighted by Gasteiger charge is -2.29. The summed E-state index contributed by atoms with van der Waals surface area (Å²) in [5.74, 6) is -0.199. The molecule has 1 amide bonds. The highest BCUT2D eigenvalue weighted by atomic mass is 31.2. The molecular weight excluding hydrogens is 1010 g/mol. The predicted octanol–water partition coefficient (Wildman–Crippen LogP) is 20.5. The number of likely N-dealkylation sites (N-methyl/N-ethyl adjacent to an activating group) is 1. The molecule has 8 nitrogen and oxygen atoms in total. The first-order valence-corrected chi connectivity index (χ1v) is 34.7. The molecule has 0 fully saturated rings. The number of allylic oxidation sites excluding steroid dienone is 17. The van der Waals surface area contributed by atoms with Crippen molar-refractivity contribution in [1.82, 2.24) is 5.32 Å². The number of carbonyl (C=O) groups excluding carboxylic acids is 1. The number of unbranched alkanes of at least 4 members (excludes halogenated alkanes) is 31. The Morgan fingerprint density at radius 1 is 0.450 bits per heavy atom. The number of nitrogens with zero attached hydrogens (tertiary/aromatic N) is 1. The van der Waals surface area contributed by atoms with Crippen LogP contribution in [0.5, 0.6) is 0 Å². The molecule has 0 spiro atoms. The molecule has 0 bridgehead atoms. The SMILES string of the molecule is CC/C=C\C/C=C\C/C=C\C/C=C\C/C=C\C/C=C\C/C=C\C/C=C\CCCCCCCCCCCCCCCCC(=O)NC(COP(=O)([O-])OCC[N+](C)(C)C)C(O)/C=C/CCCCCCCCCCCCCCCCCCC. The van der Waals surface area contributed by atoms with Gasteiger partial charge in [0.15, 0.2) is 0 Å². The third-order valence-corrected chi connectivity index (χ3v) is 15.5. The van der Waals surface area contributed by atoms with E-state index >= 15 is 0 Å². The Bertz CT molecular complexity index is 1670. The fraction of sp³-hybridized carbons (Fsp3) is 0.732. The van der Waals surface area contributed by atoms with Crippen molar-refractivity contribution in [2.75, 3.05) is 40.9 Å². The van der Waals surface area contributed by atoms with E-state index in [-0.39, 0.29) is 19.1 Å². The molecule has 0 aromatic carbocycles. The smallest absolute Gasteiger partial charge is 0.268 e. The number of hydrogen-bond acceptors (Lipinski definition) is 6. The third-order valence-electron chi connectivity index (χ3n) is 14.5. The summed E-state index contributed by atoms with van der Waals surface area (Å²) in [6, 6.07) is -0.893. The van der Waals surface area contributed by atoms with Crippen LogP contribution in [0, 0.1) is 0 Å². The molecule has 462 valence electrons. The minimum absolute atomic E-state index is 0.00405. The molecule has 3 unspecified atom stereocenters. The van der Waals surface area contributed by atoms with Crippen LogP contribution in [0.4, 0.5) is 0 Å². The molecule has 0 saturated heterocycles. The van der Waals surface area contributed by atoms with Crippen LogP contribution in [0.2, 0.25) is 0 Å². The Hall–Kier alpha value is -2.84. The van der Waals surface area contributed by atoms with Gasteiger partial charge in [-0.15, -0.1) is 0 Å². The molecule has 0 saturated carbocycles. The largest absolute Gasteiger partial charge is 0.756 e. The quantitative estimate of drug-likeness (QED) is 0.0272. The molecule has 0 aromatic rings. The van der Waals surface area contributed by atoms with Crippen LogP contribution in [0.15, 0.2) is 109 Å². The topological polar surface area (TPSA) is 108 Å². The van der Waals surface area contributed by atoms with E-state index in [0.717, 1.165) is 89.9 Å². The summed E-state index contributed by atoms with van der Waals surface area (Å²) in [6.07, 6.45) is 89.0. The van der Waals surface area contributed by atoms with Gasteiger partial charge >= 0.3 is 0 Å². The highest BCUT2D eigenvalue weighted by Crippen LogP contribution is 2.38. The van der Waals surface area contributed by atoms with Crippen LogP contribution in [0.1, 0.15) is 284 Å². The van der Waals surface area contributed by atoms with E-state index in [0.29, 0.717) is 17.4 Å². The lowest BCUT2D eigenvalue weighted by atomic mass is 10.0. The van der Waals surface area contributed by atoms with Crippen molar-refractivity contribution in [3.63, 3.8) is 0 Å². The number of aliphatic hydroxyl groups excluding tert-OH is 1. The minimum Gasteiger partial charge on any atom is -0.756 e. The average Bonchev–Trinajstić information content (AvgIpc) is 3.42. The highest BCUT2D eigenvalue weighted by Gasteiger charge is 2.23. The van der Waals surface area contributed by atoms with Gasteiger partial charge in [-0.2, -0.15) is 0 Å². The molecule has 0 aliphatic heterocycles. The van der Waals surface area contributed by atoms with Gasteiger partial charge in [0, 0.05) is 6.42 Å². The Labute approximate surface area is 495 Å². The molecule has 9 heteroatoms. The molecule has 0 aliphatic carbocycles. The number of carbonyl (C=O) groups is 1. The summed E-state index contributed by atoms with van der Waals surface area (Å²) >= 11 is 0. The van der Waals surface area contributed by atoms with E-state index in [4.69, 9.17) is 9.05 Å². The zero-order valence-electron chi connectivity index (χ0n) is 52.7. The van der Waals surface area contributed by atoms with Gasteiger partial charge in [0.05, 0.1) is 39.9 Å². The van der Waals surface area contributed by atoms with Crippen LogP contribution >= 0.6 is 7.82 Å². The standard InChI is InChI=1S/C71H127N2O6P/c1-6-8-10-12-14-16-18-20-22-24-26-27-28-29-30-31-32-33-34-35-36-37-38-39-40-41-42-43-44-45-47-49-51-53-55-57-59-61-63-65-71(75)72-69(68-79-80(76,77)78-67-66-73(3,4)5)70(74)64-62-60-58-56-54-52-50-48-46-25-23-21-19-17-15-13-11-9-7-2/h8,10,14,16,20,22,26-27,29-30,32-33,35-36,38-39,62,64,69-70,74H,6-7,9,11-13,15,17-19,21,23-25,28,31,34,37,40-61,63,65-68H2,1-5H3,(H-,72,75,76,77)/b10-8-,16-14-,22-20-,27-26-,30-29-,33-32-,36-35-,39-38-,64-62+. The van der Waals surface area contributed by atoms with Crippen molar-refractivity contribution >= 4 is 13.7 Å². The van der Waals surface area contributed by atoms with E-state index in [1.807, 2.05) is 27.2 Å². The Kier molecular flexibility index (Phi) is 58.6. The molecular formula is C71H127N2O6P. The van der Waals surface area contributed by atoms with Crippen molar-refractivity contribution in [3.8, 4) is 0 Å². The molecule has 0 rings (SSSR count). The second-order valence-corrected chi connectivity index (χ2v) is 24.9. The average molecular weight is 1140 g/mol. The number of phosphoric ester groups is 1. The summed E-state index contributed by atoms with van der Waals surface area (Å²) < 4.78 is 23.4. The Morgan fingerprint density at radius 3 is 1.11 bits per heavy atom. The minimum atomic E-state index is -4.61. The van der Waals surface area contributed by atoms with Gasteiger partial charge in [0.2, 0.25) is 5.91 Å². The first-order chi connectivity index (χ1) is 39.0. The van der Waals surface area contributed by atoms with E-state index in [1.165, 1.54) is 173 Å². The number of amides is 1. The van der Waals surface area contributed by atoms with E-state index in [9.17, 15) is 19.4 Å². The van der Waals surface area contributed by atoms with Gasteiger partial charge in [-0.25, -0.2) is 0 Å². The van der Waals surface area contributed by atoms with Crippen LogP contribution in [-0.4, -0.2) is 68.5 Å². The summed E-state index contributed by atoms with van der Waals surface area (Å²) in [6.45, 7) is 4.55. The zero-order valence-corrected chi connectivity index (χ0v) is 53.6. The molecule has 2 N–H and O–H groups in total. The third kappa shape index (κ3) is 62.8. The highest BCUT2D eigenvalue weighted by molar-refractivity contribution is 7.45. The lowest BCUT2D eigenvalue weighted by molar-refractivity contribution is -0.870. The molecule has 80 heavy (non-hydrogen) atoms. The summed E-state index contributed by atoms with van der Waals surface area (Å²) in [7, 11) is 1.26. The second kappa shape index (κ2) is 60.7. The van der Waals surface area contributed by atoms with Crippen molar-refractivity contribution in [2.45, 2.75) is 296 Å². The fourth-order valence-electron chi connectivity index (χ4n) is 9.35. The van der Waals surface area contributed by atoms with Gasteiger partial charge in [-0.05, 0) is 83.5 Å².